The van der Waals surface area contributed by atoms with Gasteiger partial charge in [-0.05, 0) is 6.42 Å². The maximum Gasteiger partial charge on any atom is 0.180 e. The molecule has 0 saturated carbocycles. The van der Waals surface area contributed by atoms with Crippen molar-refractivity contribution in [1.29, 1.82) is 0 Å². The van der Waals surface area contributed by atoms with Gasteiger partial charge in [0.05, 0.1) is 18.3 Å². The average molecular weight is 219 g/mol. The van der Waals surface area contributed by atoms with Crippen LogP contribution in [0.3, 0.4) is 0 Å². The Labute approximate surface area is 92.5 Å². The molecule has 3 heterocycles. The molecule has 2 aromatic heterocycles. The van der Waals surface area contributed by atoms with Crippen LogP contribution in [0.2, 0.25) is 0 Å². The third-order valence-electron chi connectivity index (χ3n) is 2.93. The van der Waals surface area contributed by atoms with Crippen LogP contribution in [0.25, 0.3) is 11.2 Å². The Morgan fingerprint density at radius 1 is 1.50 bits per heavy atom. The number of fused-ring (bicyclic) bond motifs is 1. The molecule has 0 aliphatic carbocycles. The molecule has 2 atom stereocenters. The molecule has 0 bridgehead atoms. The Hall–Kier alpha value is -1.53. The third-order valence-corrected chi connectivity index (χ3v) is 2.93. The SMILES string of the molecule is COC1CNC(c2nc3ncncc3[nH]2)C1. The summed E-state index contributed by atoms with van der Waals surface area (Å²) in [6.07, 6.45) is 4.45. The summed E-state index contributed by atoms with van der Waals surface area (Å²) in [7, 11) is 1.73. The molecule has 0 aromatic carbocycles. The Morgan fingerprint density at radius 2 is 2.44 bits per heavy atom. The highest BCUT2D eigenvalue weighted by Gasteiger charge is 2.27. The van der Waals surface area contributed by atoms with E-state index in [-0.39, 0.29) is 12.1 Å². The smallest absolute Gasteiger partial charge is 0.180 e. The maximum absolute atomic E-state index is 5.30. The number of aromatic amines is 1. The van der Waals surface area contributed by atoms with E-state index in [2.05, 4.69) is 25.3 Å². The number of aromatic nitrogens is 4. The number of rotatable bonds is 2. The van der Waals surface area contributed by atoms with Crippen LogP contribution >= 0.6 is 0 Å². The van der Waals surface area contributed by atoms with Gasteiger partial charge in [-0.3, -0.25) is 0 Å². The van der Waals surface area contributed by atoms with Crippen molar-refractivity contribution in [2.75, 3.05) is 13.7 Å². The first-order valence-corrected chi connectivity index (χ1v) is 5.28. The highest BCUT2D eigenvalue weighted by molar-refractivity contribution is 5.68. The molecule has 3 rings (SSSR count). The number of ether oxygens (including phenoxy) is 1. The number of imidazole rings is 1. The summed E-state index contributed by atoms with van der Waals surface area (Å²) in [5, 5.41) is 3.37. The number of nitrogens with zero attached hydrogens (tertiary/aromatic N) is 3. The van der Waals surface area contributed by atoms with E-state index >= 15 is 0 Å². The van der Waals surface area contributed by atoms with Gasteiger partial charge in [-0.2, -0.15) is 0 Å². The highest BCUT2D eigenvalue weighted by atomic mass is 16.5. The van der Waals surface area contributed by atoms with Gasteiger partial charge < -0.3 is 15.0 Å². The van der Waals surface area contributed by atoms with Crippen molar-refractivity contribution >= 4 is 11.2 Å². The first-order chi connectivity index (χ1) is 7.86. The predicted molar refractivity (Wildman–Crippen MR) is 57.8 cm³/mol. The van der Waals surface area contributed by atoms with Crippen molar-refractivity contribution < 1.29 is 4.74 Å². The van der Waals surface area contributed by atoms with Crippen LogP contribution in [0.1, 0.15) is 18.3 Å². The van der Waals surface area contributed by atoms with Crippen molar-refractivity contribution in [2.45, 2.75) is 18.6 Å². The topological polar surface area (TPSA) is 75.7 Å². The minimum atomic E-state index is 0.221. The Morgan fingerprint density at radius 3 is 3.19 bits per heavy atom. The Bertz CT molecular complexity index is 464. The molecular weight excluding hydrogens is 206 g/mol. The van der Waals surface area contributed by atoms with E-state index in [4.69, 9.17) is 4.74 Å². The van der Waals surface area contributed by atoms with Crippen molar-refractivity contribution in [1.82, 2.24) is 25.3 Å². The Balaban J connectivity index is 1.89. The van der Waals surface area contributed by atoms with Gasteiger partial charge in [0, 0.05) is 13.7 Å². The molecule has 6 heteroatoms. The van der Waals surface area contributed by atoms with Crippen molar-refractivity contribution in [2.24, 2.45) is 0 Å². The van der Waals surface area contributed by atoms with E-state index < -0.39 is 0 Å². The summed E-state index contributed by atoms with van der Waals surface area (Å²) in [6, 6.07) is 0.221. The summed E-state index contributed by atoms with van der Waals surface area (Å²) in [5.74, 6) is 0.912. The predicted octanol–water partition coefficient (Wildman–Crippen LogP) is 0.402. The van der Waals surface area contributed by atoms with Gasteiger partial charge in [-0.15, -0.1) is 0 Å². The summed E-state index contributed by atoms with van der Waals surface area (Å²) in [6.45, 7) is 0.865. The second-order valence-electron chi connectivity index (χ2n) is 3.94. The van der Waals surface area contributed by atoms with Crippen LogP contribution < -0.4 is 5.32 Å². The van der Waals surface area contributed by atoms with Crippen LogP contribution in [-0.4, -0.2) is 39.7 Å². The van der Waals surface area contributed by atoms with Gasteiger partial charge in [-0.1, -0.05) is 0 Å². The molecular formula is C10H13N5O. The van der Waals surface area contributed by atoms with Gasteiger partial charge in [0.2, 0.25) is 0 Å². The molecule has 0 radical (unpaired) electrons. The van der Waals surface area contributed by atoms with E-state index in [1.165, 1.54) is 6.33 Å². The van der Waals surface area contributed by atoms with E-state index in [9.17, 15) is 0 Å². The normalized spacial score (nSPS) is 25.3. The van der Waals surface area contributed by atoms with E-state index in [1.807, 2.05) is 0 Å². The van der Waals surface area contributed by atoms with Gasteiger partial charge in [0.15, 0.2) is 5.65 Å². The molecule has 1 fully saturated rings. The number of methoxy groups -OCH3 is 1. The molecule has 2 N–H and O–H groups in total. The highest BCUT2D eigenvalue weighted by Crippen LogP contribution is 2.23. The lowest BCUT2D eigenvalue weighted by Gasteiger charge is -2.05. The minimum absolute atomic E-state index is 0.221. The number of nitrogens with one attached hydrogen (secondary N) is 2. The lowest BCUT2D eigenvalue weighted by atomic mass is 10.2. The third kappa shape index (κ3) is 1.56. The van der Waals surface area contributed by atoms with Crippen LogP contribution in [0.4, 0.5) is 0 Å². The minimum Gasteiger partial charge on any atom is -0.380 e. The van der Waals surface area contributed by atoms with Gasteiger partial charge in [-0.25, -0.2) is 15.0 Å². The van der Waals surface area contributed by atoms with E-state index in [0.29, 0.717) is 5.65 Å². The number of H-pyrrole nitrogens is 1. The fourth-order valence-corrected chi connectivity index (χ4v) is 2.04. The van der Waals surface area contributed by atoms with Gasteiger partial charge in [0.1, 0.15) is 17.7 Å². The summed E-state index contributed by atoms with van der Waals surface area (Å²) < 4.78 is 5.30. The first-order valence-electron chi connectivity index (χ1n) is 5.28. The monoisotopic (exact) mass is 219 g/mol. The van der Waals surface area contributed by atoms with Crippen molar-refractivity contribution in [3.8, 4) is 0 Å². The van der Waals surface area contributed by atoms with Crippen LogP contribution in [0, 0.1) is 0 Å². The summed E-state index contributed by atoms with van der Waals surface area (Å²) in [4.78, 5) is 15.7. The molecule has 2 aromatic rings. The first kappa shape index (κ1) is 9.68. The van der Waals surface area contributed by atoms with Gasteiger partial charge in [0.25, 0.3) is 0 Å². The molecule has 84 valence electrons. The second-order valence-corrected chi connectivity index (χ2v) is 3.94. The molecule has 0 spiro atoms. The molecule has 6 nitrogen and oxygen atoms in total. The zero-order valence-corrected chi connectivity index (χ0v) is 8.97. The van der Waals surface area contributed by atoms with E-state index in [1.54, 1.807) is 13.3 Å². The molecule has 16 heavy (non-hydrogen) atoms. The zero-order valence-electron chi connectivity index (χ0n) is 8.97. The second kappa shape index (κ2) is 3.80. The lowest BCUT2D eigenvalue weighted by molar-refractivity contribution is 0.117. The Kier molecular flexibility index (Phi) is 2.30. The van der Waals surface area contributed by atoms with Crippen molar-refractivity contribution in [3.05, 3.63) is 18.3 Å². The molecule has 1 aliphatic heterocycles. The van der Waals surface area contributed by atoms with Gasteiger partial charge >= 0.3 is 0 Å². The number of hydrogen-bond donors (Lipinski definition) is 2. The lowest BCUT2D eigenvalue weighted by Crippen LogP contribution is -2.16. The zero-order chi connectivity index (χ0) is 11.0. The fraction of sp³-hybridized carbons (Fsp3) is 0.500. The molecule has 0 amide bonds. The van der Waals surface area contributed by atoms with E-state index in [0.717, 1.165) is 24.3 Å². The van der Waals surface area contributed by atoms with Crippen LogP contribution in [0.15, 0.2) is 12.5 Å². The fourth-order valence-electron chi connectivity index (χ4n) is 2.04. The summed E-state index contributed by atoms with van der Waals surface area (Å²) in [5.41, 5.74) is 1.59. The standard InChI is InChI=1S/C10H13N5O/c1-16-6-2-7(12-3-6)10-14-8-4-11-5-13-9(8)15-10/h4-7,12H,2-3H2,1H3,(H,11,13,14,15). The van der Waals surface area contributed by atoms with Crippen molar-refractivity contribution in [3.63, 3.8) is 0 Å². The maximum atomic E-state index is 5.30. The van der Waals surface area contributed by atoms with Crippen LogP contribution in [0.5, 0.6) is 0 Å². The molecule has 2 unspecified atom stereocenters. The average Bonchev–Trinajstić information content (AvgIpc) is 2.95. The quantitative estimate of drug-likeness (QED) is 0.764. The summed E-state index contributed by atoms with van der Waals surface area (Å²) >= 11 is 0. The molecule has 1 aliphatic rings. The largest absolute Gasteiger partial charge is 0.380 e. The molecule has 1 saturated heterocycles. The van der Waals surface area contributed by atoms with Crippen LogP contribution in [-0.2, 0) is 4.74 Å². The number of hydrogen-bond acceptors (Lipinski definition) is 5.